The normalized spacial score (nSPS) is 12.6. The number of halogens is 2. The Labute approximate surface area is 112 Å². The van der Waals surface area contributed by atoms with Crippen molar-refractivity contribution in [2.75, 3.05) is 26.3 Å². The molecular formula is C14H21F2NO2. The average molecular weight is 273 g/mol. The predicted octanol–water partition coefficient (Wildman–Crippen LogP) is 2.40. The molecule has 1 rings (SSSR count). The molecule has 0 saturated carbocycles. The highest BCUT2D eigenvalue weighted by molar-refractivity contribution is 5.22. The first kappa shape index (κ1) is 16.0. The van der Waals surface area contributed by atoms with Crippen LogP contribution in [-0.4, -0.2) is 31.4 Å². The quantitative estimate of drug-likeness (QED) is 0.679. The van der Waals surface area contributed by atoms with Crippen LogP contribution >= 0.6 is 0 Å². The number of aliphatic hydroxyl groups excluding tert-OH is 1. The van der Waals surface area contributed by atoms with Gasteiger partial charge in [0.2, 0.25) is 0 Å². The van der Waals surface area contributed by atoms with Gasteiger partial charge in [0.05, 0.1) is 18.3 Å². The zero-order valence-corrected chi connectivity index (χ0v) is 11.2. The molecule has 0 aromatic heterocycles. The van der Waals surface area contributed by atoms with Gasteiger partial charge in [-0.25, -0.2) is 8.78 Å². The van der Waals surface area contributed by atoms with Crippen LogP contribution in [0.2, 0.25) is 0 Å². The lowest BCUT2D eigenvalue weighted by atomic mass is 10.1. The van der Waals surface area contributed by atoms with Gasteiger partial charge in [0, 0.05) is 19.7 Å². The molecule has 2 N–H and O–H groups in total. The Morgan fingerprint density at radius 1 is 1.26 bits per heavy atom. The molecule has 0 aliphatic heterocycles. The maximum Gasteiger partial charge on any atom is 0.131 e. The molecule has 1 aromatic rings. The lowest BCUT2D eigenvalue weighted by molar-refractivity contribution is 0.124. The number of benzene rings is 1. The number of nitrogens with one attached hydrogen (secondary N) is 1. The van der Waals surface area contributed by atoms with Crippen LogP contribution in [-0.2, 0) is 4.74 Å². The Hall–Kier alpha value is -1.04. The van der Waals surface area contributed by atoms with Gasteiger partial charge in [-0.15, -0.1) is 0 Å². The molecule has 0 radical (unpaired) electrons. The summed E-state index contributed by atoms with van der Waals surface area (Å²) < 4.78 is 32.0. The smallest absolute Gasteiger partial charge is 0.131 e. The fourth-order valence-corrected chi connectivity index (χ4v) is 1.66. The van der Waals surface area contributed by atoms with Crippen LogP contribution in [0.3, 0.4) is 0 Å². The number of hydrogen-bond acceptors (Lipinski definition) is 3. The van der Waals surface area contributed by atoms with Gasteiger partial charge in [-0.1, -0.05) is 19.4 Å². The second-order valence-electron chi connectivity index (χ2n) is 4.32. The van der Waals surface area contributed by atoms with Gasteiger partial charge in [-0.2, -0.15) is 0 Å². The molecule has 0 saturated heterocycles. The van der Waals surface area contributed by atoms with Crippen LogP contribution < -0.4 is 5.32 Å². The van der Waals surface area contributed by atoms with Crippen molar-refractivity contribution in [2.24, 2.45) is 0 Å². The molecular weight excluding hydrogens is 252 g/mol. The molecule has 5 heteroatoms. The lowest BCUT2D eigenvalue weighted by Crippen LogP contribution is -2.26. The van der Waals surface area contributed by atoms with E-state index in [0.29, 0.717) is 19.8 Å². The second kappa shape index (κ2) is 8.96. The molecule has 0 amide bonds. The Morgan fingerprint density at radius 2 is 1.95 bits per heavy atom. The molecule has 0 fully saturated rings. The van der Waals surface area contributed by atoms with Crippen LogP contribution in [0, 0.1) is 11.6 Å². The third kappa shape index (κ3) is 5.63. The Morgan fingerprint density at radius 3 is 2.58 bits per heavy atom. The van der Waals surface area contributed by atoms with Gasteiger partial charge >= 0.3 is 0 Å². The van der Waals surface area contributed by atoms with Crippen LogP contribution in [0.4, 0.5) is 8.78 Å². The van der Waals surface area contributed by atoms with E-state index >= 15 is 0 Å². The molecule has 0 heterocycles. The molecule has 3 nitrogen and oxygen atoms in total. The van der Waals surface area contributed by atoms with Crippen molar-refractivity contribution >= 4 is 0 Å². The summed E-state index contributed by atoms with van der Waals surface area (Å²) in [4.78, 5) is 0. The minimum atomic E-state index is -1.20. The number of aliphatic hydroxyl groups is 1. The Kier molecular flexibility index (Phi) is 7.55. The van der Waals surface area contributed by atoms with E-state index < -0.39 is 17.7 Å². The summed E-state index contributed by atoms with van der Waals surface area (Å²) >= 11 is 0. The van der Waals surface area contributed by atoms with E-state index in [2.05, 4.69) is 12.2 Å². The van der Waals surface area contributed by atoms with Gasteiger partial charge < -0.3 is 15.2 Å². The van der Waals surface area contributed by atoms with Crippen molar-refractivity contribution in [3.05, 3.63) is 35.4 Å². The largest absolute Gasteiger partial charge is 0.387 e. The van der Waals surface area contributed by atoms with Gasteiger partial charge in [-0.3, -0.25) is 0 Å². The molecule has 0 spiro atoms. The van der Waals surface area contributed by atoms with Crippen molar-refractivity contribution in [3.8, 4) is 0 Å². The van der Waals surface area contributed by atoms with E-state index in [4.69, 9.17) is 4.74 Å². The summed E-state index contributed by atoms with van der Waals surface area (Å²) in [6.45, 7) is 3.95. The molecule has 19 heavy (non-hydrogen) atoms. The van der Waals surface area contributed by atoms with Crippen molar-refractivity contribution < 1.29 is 18.6 Å². The molecule has 0 aliphatic carbocycles. The zero-order valence-electron chi connectivity index (χ0n) is 11.2. The molecule has 1 atom stereocenters. The van der Waals surface area contributed by atoms with E-state index in [0.717, 1.165) is 25.0 Å². The Bertz CT molecular complexity index is 354. The summed E-state index contributed by atoms with van der Waals surface area (Å²) in [6, 6.07) is 3.54. The molecule has 108 valence electrons. The number of hydrogen-bond donors (Lipinski definition) is 2. The first-order valence-corrected chi connectivity index (χ1v) is 6.57. The predicted molar refractivity (Wildman–Crippen MR) is 69.9 cm³/mol. The highest BCUT2D eigenvalue weighted by Crippen LogP contribution is 2.19. The highest BCUT2D eigenvalue weighted by atomic mass is 19.1. The molecule has 0 bridgehead atoms. The van der Waals surface area contributed by atoms with Crippen LogP contribution in [0.1, 0.15) is 31.4 Å². The summed E-state index contributed by atoms with van der Waals surface area (Å²) in [6.07, 6.45) is 0.902. The van der Waals surface area contributed by atoms with Gasteiger partial charge in [-0.05, 0) is 18.6 Å². The maximum absolute atomic E-state index is 13.4. The van der Waals surface area contributed by atoms with E-state index in [1.807, 2.05) is 0 Å². The first-order valence-electron chi connectivity index (χ1n) is 6.57. The number of unbranched alkanes of at least 4 members (excludes halogenated alkanes) is 1. The van der Waals surface area contributed by atoms with Crippen molar-refractivity contribution in [1.82, 2.24) is 5.32 Å². The molecule has 0 aliphatic rings. The lowest BCUT2D eigenvalue weighted by Gasteiger charge is -2.13. The monoisotopic (exact) mass is 273 g/mol. The minimum Gasteiger partial charge on any atom is -0.387 e. The number of rotatable bonds is 9. The van der Waals surface area contributed by atoms with Crippen molar-refractivity contribution in [3.63, 3.8) is 0 Å². The van der Waals surface area contributed by atoms with Gasteiger partial charge in [0.1, 0.15) is 11.6 Å². The van der Waals surface area contributed by atoms with Crippen LogP contribution in [0.25, 0.3) is 0 Å². The first-order chi connectivity index (χ1) is 9.16. The standard InChI is InChI=1S/C14H21F2NO2/c1-2-3-8-19-9-7-17-10-13(18)14-11(15)5-4-6-12(14)16/h4-6,13,17-18H,2-3,7-10H2,1H3. The van der Waals surface area contributed by atoms with Crippen molar-refractivity contribution in [1.29, 1.82) is 0 Å². The SMILES string of the molecule is CCCCOCCNCC(O)c1c(F)cccc1F. The van der Waals surface area contributed by atoms with E-state index in [1.165, 1.54) is 6.07 Å². The zero-order chi connectivity index (χ0) is 14.1. The minimum absolute atomic E-state index is 0.0923. The van der Waals surface area contributed by atoms with E-state index in [1.54, 1.807) is 0 Å². The van der Waals surface area contributed by atoms with Gasteiger partial charge in [0.15, 0.2) is 0 Å². The molecule has 1 aromatic carbocycles. The summed E-state index contributed by atoms with van der Waals surface area (Å²) in [7, 11) is 0. The molecule has 1 unspecified atom stereocenters. The average Bonchev–Trinajstić information content (AvgIpc) is 2.37. The van der Waals surface area contributed by atoms with E-state index in [9.17, 15) is 13.9 Å². The Balaban J connectivity index is 2.26. The third-order valence-corrected chi connectivity index (χ3v) is 2.74. The summed E-state index contributed by atoms with van der Waals surface area (Å²) in [5.74, 6) is -1.46. The third-order valence-electron chi connectivity index (χ3n) is 2.74. The highest BCUT2D eigenvalue weighted by Gasteiger charge is 2.16. The summed E-state index contributed by atoms with van der Waals surface area (Å²) in [5, 5.41) is 12.6. The maximum atomic E-state index is 13.4. The number of ether oxygens (including phenoxy) is 1. The van der Waals surface area contributed by atoms with Crippen LogP contribution in [0.15, 0.2) is 18.2 Å². The fourth-order valence-electron chi connectivity index (χ4n) is 1.66. The fraction of sp³-hybridized carbons (Fsp3) is 0.571. The van der Waals surface area contributed by atoms with Gasteiger partial charge in [0.25, 0.3) is 0 Å². The van der Waals surface area contributed by atoms with E-state index in [-0.39, 0.29) is 12.1 Å². The van der Waals surface area contributed by atoms with Crippen LogP contribution in [0.5, 0.6) is 0 Å². The van der Waals surface area contributed by atoms with Crippen molar-refractivity contribution in [2.45, 2.75) is 25.9 Å². The topological polar surface area (TPSA) is 41.5 Å². The summed E-state index contributed by atoms with van der Waals surface area (Å²) in [5.41, 5.74) is -0.290. The second-order valence-corrected chi connectivity index (χ2v) is 4.32.